The highest BCUT2D eigenvalue weighted by Gasteiger charge is 2.25. The number of hydrogen-bond acceptors (Lipinski definition) is 5. The average molecular weight is 460 g/mol. The second-order valence-corrected chi connectivity index (χ2v) is 8.73. The fraction of sp³-hybridized carbons (Fsp3) is 0.321. The summed E-state index contributed by atoms with van der Waals surface area (Å²) in [5, 5.41) is 3.09. The Morgan fingerprint density at radius 2 is 1.65 bits per heavy atom. The summed E-state index contributed by atoms with van der Waals surface area (Å²) in [7, 11) is 5.66. The zero-order valence-corrected chi connectivity index (χ0v) is 20.2. The van der Waals surface area contributed by atoms with Gasteiger partial charge in [0.1, 0.15) is 0 Å². The molecule has 0 aliphatic carbocycles. The third-order valence-corrected chi connectivity index (χ3v) is 6.32. The Kier molecular flexibility index (Phi) is 7.70. The molecule has 178 valence electrons. The van der Waals surface area contributed by atoms with Gasteiger partial charge in [-0.25, -0.2) is 0 Å². The second kappa shape index (κ2) is 11.1. The summed E-state index contributed by atoms with van der Waals surface area (Å²) in [4.78, 5) is 17.2. The van der Waals surface area contributed by atoms with E-state index in [-0.39, 0.29) is 18.6 Å². The molecule has 3 aromatic rings. The highest BCUT2D eigenvalue weighted by molar-refractivity contribution is 5.77. The van der Waals surface area contributed by atoms with Crippen LogP contribution in [0.4, 0.5) is 5.69 Å². The first-order chi connectivity index (χ1) is 16.5. The molecule has 1 amide bonds. The fourth-order valence-corrected chi connectivity index (χ4v) is 4.38. The van der Waals surface area contributed by atoms with Crippen molar-refractivity contribution >= 4 is 11.6 Å². The summed E-state index contributed by atoms with van der Waals surface area (Å²) < 4.78 is 11.0. The summed E-state index contributed by atoms with van der Waals surface area (Å²) in [6.07, 6.45) is 1.01. The minimum atomic E-state index is -0.154. The molecule has 34 heavy (non-hydrogen) atoms. The zero-order chi connectivity index (χ0) is 23.9. The van der Waals surface area contributed by atoms with Crippen molar-refractivity contribution in [2.75, 3.05) is 45.8 Å². The van der Waals surface area contributed by atoms with Gasteiger partial charge in [-0.2, -0.15) is 0 Å². The lowest BCUT2D eigenvalue weighted by Crippen LogP contribution is -2.41. The van der Waals surface area contributed by atoms with Crippen LogP contribution in [0.15, 0.2) is 72.8 Å². The third-order valence-electron chi connectivity index (χ3n) is 6.32. The van der Waals surface area contributed by atoms with Gasteiger partial charge in [-0.3, -0.25) is 9.69 Å². The van der Waals surface area contributed by atoms with Crippen molar-refractivity contribution in [1.29, 1.82) is 0 Å². The van der Waals surface area contributed by atoms with Crippen molar-refractivity contribution in [3.8, 4) is 11.5 Å². The minimum absolute atomic E-state index is 0.0600. The predicted molar refractivity (Wildman–Crippen MR) is 136 cm³/mol. The number of nitrogens with zero attached hydrogens (tertiary/aromatic N) is 2. The molecular formula is C28H33N3O3. The predicted octanol–water partition coefficient (Wildman–Crippen LogP) is 4.06. The van der Waals surface area contributed by atoms with Gasteiger partial charge in [-0.1, -0.05) is 48.5 Å². The van der Waals surface area contributed by atoms with Crippen LogP contribution in [-0.2, 0) is 17.8 Å². The number of methoxy groups -OCH3 is 1. The van der Waals surface area contributed by atoms with Gasteiger partial charge in [0, 0.05) is 39.4 Å². The second-order valence-electron chi connectivity index (χ2n) is 8.73. The molecule has 1 aliphatic heterocycles. The normalized spacial score (nSPS) is 14.1. The highest BCUT2D eigenvalue weighted by Crippen LogP contribution is 2.29. The number of para-hydroxylation sites is 2. The number of anilines is 1. The van der Waals surface area contributed by atoms with Crippen LogP contribution >= 0.6 is 0 Å². The van der Waals surface area contributed by atoms with Crippen LogP contribution in [0.2, 0.25) is 0 Å². The van der Waals surface area contributed by atoms with Crippen LogP contribution in [0, 0.1) is 0 Å². The maximum Gasteiger partial charge on any atom is 0.258 e. The number of ether oxygens (including phenoxy) is 2. The standard InChI is InChI=1S/C28H33N3O3/c1-30(2)24-14-12-22(13-15-24)25(31-17-16-21-8-4-5-9-23(21)19-31)18-29-28(32)20-34-27-11-7-6-10-26(27)33-3/h4-15,25H,16-20H2,1-3H3,(H,29,32)/t25-/m1/s1. The molecule has 1 heterocycles. The number of nitrogens with one attached hydrogen (secondary N) is 1. The molecule has 0 fully saturated rings. The summed E-state index contributed by atoms with van der Waals surface area (Å²) in [6.45, 7) is 2.27. The number of amides is 1. The van der Waals surface area contributed by atoms with Gasteiger partial charge >= 0.3 is 0 Å². The average Bonchev–Trinajstić information content (AvgIpc) is 2.88. The molecule has 0 saturated heterocycles. The topological polar surface area (TPSA) is 54.0 Å². The Morgan fingerprint density at radius 3 is 2.35 bits per heavy atom. The fourth-order valence-electron chi connectivity index (χ4n) is 4.38. The van der Waals surface area contributed by atoms with Crippen molar-refractivity contribution in [1.82, 2.24) is 10.2 Å². The number of hydrogen-bond donors (Lipinski definition) is 1. The summed E-state index contributed by atoms with van der Waals surface area (Å²) in [6, 6.07) is 24.6. The van der Waals surface area contributed by atoms with Crippen LogP contribution < -0.4 is 19.7 Å². The van der Waals surface area contributed by atoms with E-state index in [1.54, 1.807) is 13.2 Å². The molecular weight excluding hydrogens is 426 g/mol. The zero-order valence-electron chi connectivity index (χ0n) is 20.2. The van der Waals surface area contributed by atoms with Gasteiger partial charge in [0.05, 0.1) is 13.2 Å². The van der Waals surface area contributed by atoms with E-state index in [1.807, 2.05) is 32.3 Å². The van der Waals surface area contributed by atoms with E-state index >= 15 is 0 Å². The first-order valence-electron chi connectivity index (χ1n) is 11.7. The van der Waals surface area contributed by atoms with Crippen molar-refractivity contribution in [2.45, 2.75) is 19.0 Å². The van der Waals surface area contributed by atoms with Crippen molar-refractivity contribution in [2.24, 2.45) is 0 Å². The molecule has 0 bridgehead atoms. The maximum absolute atomic E-state index is 12.7. The molecule has 6 heteroatoms. The van der Waals surface area contributed by atoms with Gasteiger partial charge in [0.2, 0.25) is 0 Å². The molecule has 4 rings (SSSR count). The molecule has 1 N–H and O–H groups in total. The Labute approximate surface area is 202 Å². The van der Waals surface area contributed by atoms with Crippen molar-refractivity contribution < 1.29 is 14.3 Å². The number of carbonyl (C=O) groups excluding carboxylic acids is 1. The Bertz CT molecular complexity index is 1100. The van der Waals surface area contributed by atoms with Crippen LogP contribution in [-0.4, -0.2) is 51.7 Å². The summed E-state index contributed by atoms with van der Waals surface area (Å²) >= 11 is 0. The molecule has 3 aromatic carbocycles. The molecule has 1 aliphatic rings. The Balaban J connectivity index is 1.45. The van der Waals surface area contributed by atoms with Crippen molar-refractivity contribution in [3.05, 3.63) is 89.5 Å². The first-order valence-corrected chi connectivity index (χ1v) is 11.7. The SMILES string of the molecule is COc1ccccc1OCC(=O)NC[C@H](c1ccc(N(C)C)cc1)N1CCc2ccccc2C1. The van der Waals surface area contributed by atoms with Crippen molar-refractivity contribution in [3.63, 3.8) is 0 Å². The quantitative estimate of drug-likeness (QED) is 0.523. The van der Waals surface area contributed by atoms with E-state index < -0.39 is 0 Å². The van der Waals surface area contributed by atoms with Gasteiger partial charge in [0.15, 0.2) is 18.1 Å². The molecule has 0 unspecified atom stereocenters. The monoisotopic (exact) mass is 459 g/mol. The number of fused-ring (bicyclic) bond motifs is 1. The summed E-state index contributed by atoms with van der Waals surface area (Å²) in [5.74, 6) is 1.02. The first kappa shape index (κ1) is 23.6. The van der Waals surface area contributed by atoms with Crippen LogP contribution in [0.1, 0.15) is 22.7 Å². The molecule has 1 atom stereocenters. The number of benzene rings is 3. The Morgan fingerprint density at radius 1 is 0.971 bits per heavy atom. The van der Waals surface area contributed by atoms with Crippen LogP contribution in [0.5, 0.6) is 11.5 Å². The van der Waals surface area contributed by atoms with E-state index in [9.17, 15) is 4.79 Å². The number of carbonyl (C=O) groups is 1. The van der Waals surface area contributed by atoms with Gasteiger partial charge in [-0.15, -0.1) is 0 Å². The molecule has 0 spiro atoms. The lowest BCUT2D eigenvalue weighted by atomic mass is 9.96. The third kappa shape index (κ3) is 5.69. The van der Waals surface area contributed by atoms with E-state index in [0.717, 1.165) is 25.2 Å². The van der Waals surface area contributed by atoms with Gasteiger partial charge in [0.25, 0.3) is 5.91 Å². The van der Waals surface area contributed by atoms with E-state index in [4.69, 9.17) is 9.47 Å². The molecule has 6 nitrogen and oxygen atoms in total. The van der Waals surface area contributed by atoms with Crippen LogP contribution in [0.25, 0.3) is 0 Å². The largest absolute Gasteiger partial charge is 0.493 e. The smallest absolute Gasteiger partial charge is 0.258 e. The maximum atomic E-state index is 12.7. The lowest BCUT2D eigenvalue weighted by Gasteiger charge is -2.36. The van der Waals surface area contributed by atoms with E-state index in [1.165, 1.54) is 16.7 Å². The highest BCUT2D eigenvalue weighted by atomic mass is 16.5. The van der Waals surface area contributed by atoms with Crippen LogP contribution in [0.3, 0.4) is 0 Å². The van der Waals surface area contributed by atoms with Gasteiger partial charge in [-0.05, 0) is 47.4 Å². The lowest BCUT2D eigenvalue weighted by molar-refractivity contribution is -0.123. The summed E-state index contributed by atoms with van der Waals surface area (Å²) in [5.41, 5.74) is 5.11. The number of rotatable bonds is 9. The molecule has 0 saturated carbocycles. The van der Waals surface area contributed by atoms with Gasteiger partial charge < -0.3 is 19.7 Å². The van der Waals surface area contributed by atoms with E-state index in [0.29, 0.717) is 18.0 Å². The Hall–Kier alpha value is -3.51. The molecule has 0 radical (unpaired) electrons. The molecule has 0 aromatic heterocycles. The van der Waals surface area contributed by atoms with E-state index in [2.05, 4.69) is 63.6 Å². The minimum Gasteiger partial charge on any atom is -0.493 e.